The molecule has 0 radical (unpaired) electrons. The van der Waals surface area contributed by atoms with Gasteiger partial charge in [-0.05, 0) is 67.7 Å². The van der Waals surface area contributed by atoms with Crippen LogP contribution in [0.3, 0.4) is 0 Å². The van der Waals surface area contributed by atoms with Crippen LogP contribution in [0.1, 0.15) is 67.7 Å². The molecule has 1 amide bonds. The fourth-order valence-electron chi connectivity index (χ4n) is 4.81. The number of carbonyl (C=O) groups is 1. The van der Waals surface area contributed by atoms with E-state index in [4.69, 9.17) is 28.4 Å². The van der Waals surface area contributed by atoms with Gasteiger partial charge in [0, 0.05) is 12.6 Å². The Kier molecular flexibility index (Phi) is 5.92. The van der Waals surface area contributed by atoms with Gasteiger partial charge in [-0.25, -0.2) is 4.79 Å². The van der Waals surface area contributed by atoms with Crippen LogP contribution in [0.2, 0.25) is 0 Å². The summed E-state index contributed by atoms with van der Waals surface area (Å²) in [6, 6.07) is 0.125. The molecule has 176 valence electrons. The third-order valence-corrected chi connectivity index (χ3v) is 5.93. The molecule has 4 aliphatic rings. The van der Waals surface area contributed by atoms with Crippen molar-refractivity contribution in [1.82, 2.24) is 4.90 Å². The van der Waals surface area contributed by atoms with Crippen LogP contribution in [0.4, 0.5) is 4.79 Å². The van der Waals surface area contributed by atoms with Gasteiger partial charge in [0.1, 0.15) is 30.0 Å². The Morgan fingerprint density at radius 1 is 1.03 bits per heavy atom. The van der Waals surface area contributed by atoms with Gasteiger partial charge in [-0.3, -0.25) is 0 Å². The van der Waals surface area contributed by atoms with Crippen molar-refractivity contribution in [2.75, 3.05) is 6.54 Å². The first-order valence-corrected chi connectivity index (χ1v) is 11.4. The van der Waals surface area contributed by atoms with E-state index in [9.17, 15) is 4.79 Å². The lowest BCUT2D eigenvalue weighted by Crippen LogP contribution is -2.54. The number of amides is 1. The van der Waals surface area contributed by atoms with Gasteiger partial charge >= 0.3 is 6.09 Å². The fraction of sp³-hybridized carbons (Fsp3) is 0.870. The zero-order valence-corrected chi connectivity index (χ0v) is 19.8. The van der Waals surface area contributed by atoms with Crippen molar-refractivity contribution in [3.63, 3.8) is 0 Å². The molecule has 8 heteroatoms. The van der Waals surface area contributed by atoms with Crippen molar-refractivity contribution < 1.29 is 33.2 Å². The number of nitrogens with zero attached hydrogens (tertiary/aromatic N) is 1. The van der Waals surface area contributed by atoms with Gasteiger partial charge in [0.2, 0.25) is 0 Å². The lowest BCUT2D eigenvalue weighted by molar-refractivity contribution is -0.222. The van der Waals surface area contributed by atoms with Gasteiger partial charge in [-0.2, -0.15) is 0 Å². The van der Waals surface area contributed by atoms with Crippen molar-refractivity contribution in [1.29, 1.82) is 0 Å². The molecule has 0 saturated carbocycles. The Morgan fingerprint density at radius 2 is 1.68 bits per heavy atom. The van der Waals surface area contributed by atoms with Crippen molar-refractivity contribution in [3.05, 3.63) is 12.2 Å². The quantitative estimate of drug-likeness (QED) is 0.620. The molecule has 0 aromatic heterocycles. The lowest BCUT2D eigenvalue weighted by Gasteiger charge is -2.36. The molecule has 1 unspecified atom stereocenters. The molecule has 4 rings (SSSR count). The highest BCUT2D eigenvalue weighted by Crippen LogP contribution is 2.44. The van der Waals surface area contributed by atoms with Crippen LogP contribution in [0, 0.1) is 0 Å². The molecule has 0 N–H and O–H groups in total. The normalized spacial score (nSPS) is 39.0. The summed E-state index contributed by atoms with van der Waals surface area (Å²) in [5.41, 5.74) is -0.495. The highest BCUT2D eigenvalue weighted by molar-refractivity contribution is 5.69. The van der Waals surface area contributed by atoms with Crippen molar-refractivity contribution in [2.24, 2.45) is 0 Å². The molecular weight excluding hydrogens is 402 g/mol. The average Bonchev–Trinajstić information content (AvgIpc) is 3.27. The number of carbonyl (C=O) groups excluding carboxylic acids is 1. The van der Waals surface area contributed by atoms with Crippen LogP contribution in [0.15, 0.2) is 12.2 Å². The molecule has 0 aromatic carbocycles. The van der Waals surface area contributed by atoms with Crippen LogP contribution in [-0.4, -0.2) is 71.5 Å². The minimum absolute atomic E-state index is 0.125. The zero-order chi connectivity index (χ0) is 22.6. The maximum Gasteiger partial charge on any atom is 0.410 e. The predicted molar refractivity (Wildman–Crippen MR) is 112 cm³/mol. The van der Waals surface area contributed by atoms with Gasteiger partial charge in [-0.15, -0.1) is 0 Å². The lowest BCUT2D eigenvalue weighted by atomic mass is 9.98. The molecule has 0 aliphatic carbocycles. The second-order valence-electron chi connectivity index (χ2n) is 10.8. The SMILES string of the molecule is CC(C)(C)OC(=O)N1CCCC1C/C=C\[C@H]1O[C@@H]2OC(C)(C)O[C@@H]2[C@H]2OC(C)(C)O[C@H]21. The van der Waals surface area contributed by atoms with Crippen LogP contribution in [-0.2, 0) is 28.4 Å². The Bertz CT molecular complexity index is 713. The average molecular weight is 440 g/mol. The molecule has 0 spiro atoms. The molecule has 0 aromatic rings. The fourth-order valence-corrected chi connectivity index (χ4v) is 4.81. The topological polar surface area (TPSA) is 75.7 Å². The second-order valence-corrected chi connectivity index (χ2v) is 10.8. The van der Waals surface area contributed by atoms with E-state index in [0.29, 0.717) is 0 Å². The smallest absolute Gasteiger partial charge is 0.410 e. The van der Waals surface area contributed by atoms with Crippen molar-refractivity contribution >= 4 is 6.09 Å². The first-order chi connectivity index (χ1) is 14.3. The maximum absolute atomic E-state index is 12.5. The van der Waals surface area contributed by atoms with E-state index in [1.807, 2.05) is 59.4 Å². The number of rotatable bonds is 3. The van der Waals surface area contributed by atoms with Crippen LogP contribution >= 0.6 is 0 Å². The first-order valence-electron chi connectivity index (χ1n) is 11.4. The molecule has 0 bridgehead atoms. The van der Waals surface area contributed by atoms with E-state index in [-0.39, 0.29) is 36.6 Å². The molecule has 6 atom stereocenters. The highest BCUT2D eigenvalue weighted by atomic mass is 16.9. The monoisotopic (exact) mass is 439 g/mol. The van der Waals surface area contributed by atoms with E-state index in [1.54, 1.807) is 0 Å². The number of hydrogen-bond acceptors (Lipinski definition) is 7. The summed E-state index contributed by atoms with van der Waals surface area (Å²) in [6.07, 6.45) is 4.82. The second kappa shape index (κ2) is 7.99. The van der Waals surface area contributed by atoms with E-state index >= 15 is 0 Å². The van der Waals surface area contributed by atoms with E-state index in [0.717, 1.165) is 25.8 Å². The minimum Gasteiger partial charge on any atom is -0.444 e. The zero-order valence-electron chi connectivity index (χ0n) is 19.8. The summed E-state index contributed by atoms with van der Waals surface area (Å²) in [6.45, 7) is 14.0. The number of hydrogen-bond donors (Lipinski definition) is 0. The van der Waals surface area contributed by atoms with Gasteiger partial charge in [0.25, 0.3) is 0 Å². The van der Waals surface area contributed by atoms with Gasteiger partial charge < -0.3 is 33.3 Å². The summed E-state index contributed by atoms with van der Waals surface area (Å²) < 4.78 is 36.1. The van der Waals surface area contributed by atoms with Crippen LogP contribution in [0.5, 0.6) is 0 Å². The van der Waals surface area contributed by atoms with Crippen molar-refractivity contribution in [3.8, 4) is 0 Å². The molecule has 4 fully saturated rings. The number of ether oxygens (including phenoxy) is 6. The molecule has 4 saturated heterocycles. The molecule has 31 heavy (non-hydrogen) atoms. The highest BCUT2D eigenvalue weighted by Gasteiger charge is 2.60. The standard InChI is InChI=1S/C23H37NO7/c1-21(2,3)31-20(25)24-13-9-11-14(24)10-8-12-15-16-17(28-22(4,5)27-16)18-19(26-15)30-23(6,7)29-18/h8,12,14-19H,9-11,13H2,1-7H3/b12-8-/t14?,15-,16+,17+,18-,19-/m1/s1. The summed E-state index contributed by atoms with van der Waals surface area (Å²) in [5, 5.41) is 0. The predicted octanol–water partition coefficient (Wildman–Crippen LogP) is 3.73. The summed E-state index contributed by atoms with van der Waals surface area (Å²) in [4.78, 5) is 14.4. The third-order valence-electron chi connectivity index (χ3n) is 5.93. The number of likely N-dealkylation sites (tertiary alicyclic amines) is 1. The maximum atomic E-state index is 12.5. The van der Waals surface area contributed by atoms with E-state index in [1.165, 1.54) is 0 Å². The molecule has 4 aliphatic heterocycles. The van der Waals surface area contributed by atoms with Gasteiger partial charge in [0.15, 0.2) is 17.9 Å². The summed E-state index contributed by atoms with van der Waals surface area (Å²) >= 11 is 0. The van der Waals surface area contributed by atoms with Gasteiger partial charge in [0.05, 0.1) is 0 Å². The van der Waals surface area contributed by atoms with Crippen LogP contribution in [0.25, 0.3) is 0 Å². The molecule has 4 heterocycles. The Balaban J connectivity index is 1.42. The Morgan fingerprint density at radius 3 is 2.39 bits per heavy atom. The van der Waals surface area contributed by atoms with Crippen LogP contribution < -0.4 is 0 Å². The van der Waals surface area contributed by atoms with Crippen molar-refractivity contribution in [2.45, 2.75) is 122 Å². The van der Waals surface area contributed by atoms with Gasteiger partial charge in [-0.1, -0.05) is 12.2 Å². The largest absolute Gasteiger partial charge is 0.444 e. The summed E-state index contributed by atoms with van der Waals surface area (Å²) in [5.74, 6) is -1.44. The molecule has 8 nitrogen and oxygen atoms in total. The number of fused-ring (bicyclic) bond motifs is 3. The Hall–Kier alpha value is -1.19. The van der Waals surface area contributed by atoms with E-state index in [2.05, 4.69) is 6.08 Å². The first kappa shape index (κ1) is 23.0. The molecular formula is C23H37NO7. The minimum atomic E-state index is -0.730. The van der Waals surface area contributed by atoms with E-state index < -0.39 is 23.5 Å². The summed E-state index contributed by atoms with van der Waals surface area (Å²) in [7, 11) is 0. The third kappa shape index (κ3) is 5.09. The Labute approximate surface area is 185 Å².